The number of carbonyl (C=O) groups is 1. The molecule has 1 saturated heterocycles. The van der Waals surface area contributed by atoms with Crippen molar-refractivity contribution in [3.05, 3.63) is 66.0 Å². The number of amides is 1. The van der Waals surface area contributed by atoms with Gasteiger partial charge in [0.1, 0.15) is 5.82 Å². The predicted octanol–water partition coefficient (Wildman–Crippen LogP) is 3.18. The fourth-order valence-corrected chi connectivity index (χ4v) is 5.82. The summed E-state index contributed by atoms with van der Waals surface area (Å²) in [6, 6.07) is 15.1. The van der Waals surface area contributed by atoms with Crippen LogP contribution in [0.2, 0.25) is 0 Å². The van der Waals surface area contributed by atoms with Crippen molar-refractivity contribution >= 4 is 27.5 Å². The van der Waals surface area contributed by atoms with Crippen molar-refractivity contribution in [3.63, 3.8) is 0 Å². The Morgan fingerprint density at radius 2 is 1.87 bits per heavy atom. The third kappa shape index (κ3) is 5.31. The summed E-state index contributed by atoms with van der Waals surface area (Å²) >= 11 is 1.04. The number of rotatable bonds is 7. The molecule has 1 aliphatic rings. The lowest BCUT2D eigenvalue weighted by Crippen LogP contribution is -2.41. The van der Waals surface area contributed by atoms with E-state index in [-0.39, 0.29) is 45.9 Å². The highest BCUT2D eigenvalue weighted by Gasteiger charge is 2.34. The number of benzene rings is 2. The molecule has 31 heavy (non-hydrogen) atoms. The summed E-state index contributed by atoms with van der Waals surface area (Å²) in [7, 11) is -3.14. The molecule has 0 spiro atoms. The maximum atomic E-state index is 13.9. The molecule has 0 aliphatic carbocycles. The largest absolute Gasteiger partial charge is 0.411 e. The van der Waals surface area contributed by atoms with E-state index < -0.39 is 15.7 Å². The van der Waals surface area contributed by atoms with Crippen LogP contribution in [0.3, 0.4) is 0 Å². The normalized spacial score (nSPS) is 17.5. The summed E-state index contributed by atoms with van der Waals surface area (Å²) in [6.45, 7) is 0.324. The van der Waals surface area contributed by atoms with E-state index in [0.29, 0.717) is 13.0 Å². The molecule has 2 aromatic carbocycles. The van der Waals surface area contributed by atoms with Gasteiger partial charge in [-0.05, 0) is 24.1 Å². The zero-order valence-corrected chi connectivity index (χ0v) is 18.1. The molecule has 2 heterocycles. The Morgan fingerprint density at radius 1 is 1.13 bits per heavy atom. The van der Waals surface area contributed by atoms with Crippen molar-refractivity contribution in [2.45, 2.75) is 24.2 Å². The number of carbonyl (C=O) groups excluding carboxylic acids is 1. The zero-order valence-electron chi connectivity index (χ0n) is 16.5. The van der Waals surface area contributed by atoms with Crippen LogP contribution in [0.25, 0.3) is 11.5 Å². The number of nitrogens with zero attached hydrogens (tertiary/aromatic N) is 3. The fraction of sp³-hybridized carbons (Fsp3) is 0.286. The van der Waals surface area contributed by atoms with Gasteiger partial charge in [-0.15, -0.1) is 10.2 Å². The van der Waals surface area contributed by atoms with Gasteiger partial charge in [0.25, 0.3) is 11.1 Å². The number of aromatic nitrogens is 2. The standard InChI is InChI=1S/C21H20FN3O4S2/c22-18-9-5-4-8-17(18)20-23-24-21(29-20)30-13-19(26)25(12-15-6-2-1-3-7-15)16-10-11-31(27,28)14-16/h1-9,16H,10-14H2/t16-/m1/s1. The minimum atomic E-state index is -3.14. The first-order valence-corrected chi connectivity index (χ1v) is 12.5. The van der Waals surface area contributed by atoms with Gasteiger partial charge in [-0.3, -0.25) is 4.79 Å². The highest BCUT2D eigenvalue weighted by molar-refractivity contribution is 7.99. The molecule has 7 nitrogen and oxygen atoms in total. The number of halogens is 1. The Labute approximate surface area is 183 Å². The molecule has 1 aromatic heterocycles. The van der Waals surface area contributed by atoms with Gasteiger partial charge in [-0.25, -0.2) is 12.8 Å². The quantitative estimate of drug-likeness (QED) is 0.499. The third-order valence-corrected chi connectivity index (χ3v) is 7.55. The highest BCUT2D eigenvalue weighted by Crippen LogP contribution is 2.26. The molecule has 162 valence electrons. The van der Waals surface area contributed by atoms with E-state index in [9.17, 15) is 17.6 Å². The molecule has 0 unspecified atom stereocenters. The second-order valence-corrected chi connectivity index (χ2v) is 10.4. The number of sulfone groups is 1. The summed E-state index contributed by atoms with van der Waals surface area (Å²) in [5.74, 6) is -0.608. The maximum Gasteiger partial charge on any atom is 0.277 e. The Balaban J connectivity index is 1.46. The first kappa shape index (κ1) is 21.5. The average Bonchev–Trinajstić information content (AvgIpc) is 3.37. The van der Waals surface area contributed by atoms with Crippen molar-refractivity contribution in [2.75, 3.05) is 17.3 Å². The minimum absolute atomic E-state index is 0.00227. The van der Waals surface area contributed by atoms with E-state index in [4.69, 9.17) is 4.42 Å². The van der Waals surface area contributed by atoms with Crippen LogP contribution in [-0.2, 0) is 21.2 Å². The van der Waals surface area contributed by atoms with Gasteiger partial charge in [0.15, 0.2) is 9.84 Å². The summed E-state index contributed by atoms with van der Waals surface area (Å²) in [5.41, 5.74) is 1.11. The van der Waals surface area contributed by atoms with Crippen LogP contribution in [0.1, 0.15) is 12.0 Å². The Kier molecular flexibility index (Phi) is 6.38. The van der Waals surface area contributed by atoms with Crippen molar-refractivity contribution in [1.29, 1.82) is 0 Å². The maximum absolute atomic E-state index is 13.9. The van der Waals surface area contributed by atoms with Crippen molar-refractivity contribution in [3.8, 4) is 11.5 Å². The predicted molar refractivity (Wildman–Crippen MR) is 114 cm³/mol. The molecular weight excluding hydrogens is 441 g/mol. The van der Waals surface area contributed by atoms with Crippen LogP contribution < -0.4 is 0 Å². The molecule has 0 bridgehead atoms. The highest BCUT2D eigenvalue weighted by atomic mass is 32.2. The average molecular weight is 462 g/mol. The molecular formula is C21H20FN3O4S2. The van der Waals surface area contributed by atoms with Gasteiger partial charge < -0.3 is 9.32 Å². The summed E-state index contributed by atoms with van der Waals surface area (Å²) < 4.78 is 43.3. The van der Waals surface area contributed by atoms with E-state index in [0.717, 1.165) is 17.3 Å². The molecule has 10 heteroatoms. The van der Waals surface area contributed by atoms with Gasteiger partial charge in [0, 0.05) is 12.6 Å². The molecule has 0 radical (unpaired) electrons. The van der Waals surface area contributed by atoms with Crippen LogP contribution in [0.4, 0.5) is 4.39 Å². The minimum Gasteiger partial charge on any atom is -0.411 e. The van der Waals surface area contributed by atoms with Crippen molar-refractivity contribution < 1.29 is 22.0 Å². The monoisotopic (exact) mass is 461 g/mol. The van der Waals surface area contributed by atoms with Crippen LogP contribution in [0.5, 0.6) is 0 Å². The number of hydrogen-bond donors (Lipinski definition) is 0. The van der Waals surface area contributed by atoms with E-state index in [1.54, 1.807) is 17.0 Å². The van der Waals surface area contributed by atoms with Gasteiger partial charge in [0.05, 0.1) is 22.8 Å². The molecule has 3 aromatic rings. The van der Waals surface area contributed by atoms with Gasteiger partial charge in [-0.1, -0.05) is 54.2 Å². The molecule has 1 amide bonds. The van der Waals surface area contributed by atoms with Gasteiger partial charge in [-0.2, -0.15) is 0 Å². The zero-order chi connectivity index (χ0) is 21.8. The van der Waals surface area contributed by atoms with E-state index >= 15 is 0 Å². The van der Waals surface area contributed by atoms with Gasteiger partial charge >= 0.3 is 0 Å². The Hall–Kier alpha value is -2.72. The lowest BCUT2D eigenvalue weighted by molar-refractivity contribution is -0.130. The van der Waals surface area contributed by atoms with Gasteiger partial charge in [0.2, 0.25) is 5.91 Å². The first-order chi connectivity index (χ1) is 14.9. The molecule has 1 atom stereocenters. The van der Waals surface area contributed by atoms with E-state index in [1.165, 1.54) is 12.1 Å². The Bertz CT molecular complexity index is 1170. The van der Waals surface area contributed by atoms with E-state index in [2.05, 4.69) is 10.2 Å². The second kappa shape index (κ2) is 9.19. The van der Waals surface area contributed by atoms with Crippen LogP contribution >= 0.6 is 11.8 Å². The summed E-state index contributed by atoms with van der Waals surface area (Å²) in [6.07, 6.45) is 0.420. The van der Waals surface area contributed by atoms with Crippen LogP contribution in [0, 0.1) is 5.82 Å². The SMILES string of the molecule is O=C(CSc1nnc(-c2ccccc2F)o1)N(Cc1ccccc1)[C@@H]1CCS(=O)(=O)C1. The summed E-state index contributed by atoms with van der Waals surface area (Å²) in [5, 5.41) is 7.88. The lowest BCUT2D eigenvalue weighted by Gasteiger charge is -2.28. The fourth-order valence-electron chi connectivity index (χ4n) is 3.44. The molecule has 4 rings (SSSR count). The molecule has 1 aliphatic heterocycles. The molecule has 1 fully saturated rings. The Morgan fingerprint density at radius 3 is 2.58 bits per heavy atom. The second-order valence-electron chi connectivity index (χ2n) is 7.21. The lowest BCUT2D eigenvalue weighted by atomic mass is 10.1. The van der Waals surface area contributed by atoms with Crippen molar-refractivity contribution in [1.82, 2.24) is 15.1 Å². The summed E-state index contributed by atoms with van der Waals surface area (Å²) in [4.78, 5) is 14.6. The first-order valence-electron chi connectivity index (χ1n) is 9.66. The van der Waals surface area contributed by atoms with Crippen molar-refractivity contribution in [2.24, 2.45) is 0 Å². The molecule has 0 N–H and O–H groups in total. The smallest absolute Gasteiger partial charge is 0.277 e. The topological polar surface area (TPSA) is 93.4 Å². The number of hydrogen-bond acceptors (Lipinski definition) is 7. The number of thioether (sulfide) groups is 1. The third-order valence-electron chi connectivity index (χ3n) is 5.00. The molecule has 0 saturated carbocycles. The van der Waals surface area contributed by atoms with Crippen LogP contribution in [0.15, 0.2) is 64.2 Å². The van der Waals surface area contributed by atoms with E-state index in [1.807, 2.05) is 30.3 Å². The van der Waals surface area contributed by atoms with Crippen LogP contribution in [-0.4, -0.2) is 52.7 Å².